The van der Waals surface area contributed by atoms with Crippen molar-refractivity contribution < 1.29 is 23.5 Å². The molecule has 0 aliphatic rings. The van der Waals surface area contributed by atoms with Crippen molar-refractivity contribution in [2.24, 2.45) is 0 Å². The van der Waals surface area contributed by atoms with Crippen LogP contribution in [0.5, 0.6) is 0 Å². The molecule has 0 fully saturated rings. The lowest BCUT2D eigenvalue weighted by atomic mass is 9.83. The maximum absolute atomic E-state index is 15.8. The van der Waals surface area contributed by atoms with E-state index >= 15 is 8.78 Å². The van der Waals surface area contributed by atoms with Gasteiger partial charge in [0.1, 0.15) is 11.5 Å². The number of nitrogens with one attached hydrogen (secondary N) is 2. The van der Waals surface area contributed by atoms with E-state index in [2.05, 4.69) is 21.7 Å². The molecule has 7 nitrogen and oxygen atoms in total. The summed E-state index contributed by atoms with van der Waals surface area (Å²) in [5, 5.41) is 26.4. The summed E-state index contributed by atoms with van der Waals surface area (Å²) in [5.74, 6) is -2.45. The van der Waals surface area contributed by atoms with Gasteiger partial charge in [-0.1, -0.05) is 47.6 Å². The molecule has 0 saturated carbocycles. The molecule has 268 valence electrons. The van der Waals surface area contributed by atoms with Crippen molar-refractivity contribution in [1.29, 1.82) is 5.26 Å². The molecular weight excluding hydrogens is 646 g/mol. The molecular formula is C42H48F2N4O3. The van der Waals surface area contributed by atoms with E-state index in [-0.39, 0.29) is 33.7 Å². The highest BCUT2D eigenvalue weighted by atomic mass is 19.1. The highest BCUT2D eigenvalue weighted by Gasteiger charge is 2.28. The number of aryl methyl sites for hydroxylation is 2. The normalized spacial score (nSPS) is 12.4. The van der Waals surface area contributed by atoms with Gasteiger partial charge in [-0.15, -0.1) is 0 Å². The number of halogens is 2. The lowest BCUT2D eigenvalue weighted by molar-refractivity contribution is 0.0784. The van der Waals surface area contributed by atoms with E-state index in [0.29, 0.717) is 22.3 Å². The van der Waals surface area contributed by atoms with Gasteiger partial charge in [-0.2, -0.15) is 5.26 Å². The van der Waals surface area contributed by atoms with Crippen molar-refractivity contribution >= 4 is 23.2 Å². The first kappa shape index (κ1) is 38.9. The number of hydrogen-bond donors (Lipinski definition) is 3. The first-order valence-corrected chi connectivity index (χ1v) is 16.9. The standard InChI is InChI=1S/C42H48F2N4O3/c1-23-13-14-31(36(44)35(23)40(6,7)8)47-37(49)26-16-25(17-27(18-26)41(9,10)22-45)32-19-28(42(11,12)51)20-34(46-32)38(50)48-33-21-29(39(3,4)5)24(2)15-30(33)43/h13-21,51H,1-12H3,(H,47,49)(H,48,50). The number of hydrogen-bond acceptors (Lipinski definition) is 5. The Morgan fingerprint density at radius 1 is 0.745 bits per heavy atom. The van der Waals surface area contributed by atoms with Gasteiger partial charge in [-0.3, -0.25) is 9.59 Å². The Bertz CT molecular complexity index is 2070. The molecule has 2 amide bonds. The van der Waals surface area contributed by atoms with E-state index in [4.69, 9.17) is 0 Å². The first-order chi connectivity index (χ1) is 23.3. The summed E-state index contributed by atoms with van der Waals surface area (Å²) in [6.45, 7) is 21.8. The lowest BCUT2D eigenvalue weighted by Gasteiger charge is -2.24. The minimum absolute atomic E-state index is 0.0118. The summed E-state index contributed by atoms with van der Waals surface area (Å²) in [7, 11) is 0. The van der Waals surface area contributed by atoms with Crippen molar-refractivity contribution in [2.45, 2.75) is 105 Å². The molecule has 9 heteroatoms. The van der Waals surface area contributed by atoms with Gasteiger partial charge in [0, 0.05) is 11.1 Å². The maximum atomic E-state index is 15.8. The van der Waals surface area contributed by atoms with Crippen LogP contribution in [0, 0.1) is 36.8 Å². The molecule has 0 spiro atoms. The number of amides is 2. The SMILES string of the molecule is Cc1cc(F)c(NC(=O)c2cc(C(C)(C)O)cc(-c3cc(C(=O)Nc4ccc(C)c(C(C)(C)C)c4F)cc(C(C)(C)C#N)c3)n2)cc1C(C)(C)C. The van der Waals surface area contributed by atoms with Crippen LogP contribution in [0.2, 0.25) is 0 Å². The number of anilines is 2. The van der Waals surface area contributed by atoms with Crippen molar-refractivity contribution in [2.75, 3.05) is 10.6 Å². The first-order valence-electron chi connectivity index (χ1n) is 16.9. The second-order valence-corrected chi connectivity index (χ2v) is 16.4. The number of carbonyl (C=O) groups is 2. The van der Waals surface area contributed by atoms with Crippen LogP contribution in [-0.2, 0) is 21.8 Å². The van der Waals surface area contributed by atoms with E-state index in [9.17, 15) is 20.0 Å². The van der Waals surface area contributed by atoms with Gasteiger partial charge in [0.2, 0.25) is 0 Å². The number of benzene rings is 3. The van der Waals surface area contributed by atoms with E-state index in [0.717, 1.165) is 16.7 Å². The third kappa shape index (κ3) is 8.51. The highest BCUT2D eigenvalue weighted by Crippen LogP contribution is 2.35. The largest absolute Gasteiger partial charge is 0.386 e. The lowest BCUT2D eigenvalue weighted by Crippen LogP contribution is -2.21. The number of nitriles is 1. The van der Waals surface area contributed by atoms with Crippen LogP contribution in [0.3, 0.4) is 0 Å². The Morgan fingerprint density at radius 3 is 1.94 bits per heavy atom. The number of rotatable bonds is 7. The zero-order valence-corrected chi connectivity index (χ0v) is 31.6. The molecule has 0 unspecified atom stereocenters. The minimum Gasteiger partial charge on any atom is -0.386 e. The van der Waals surface area contributed by atoms with Crippen molar-refractivity contribution in [1.82, 2.24) is 4.98 Å². The zero-order chi connectivity index (χ0) is 38.4. The van der Waals surface area contributed by atoms with Gasteiger partial charge in [-0.05, 0) is 134 Å². The fraction of sp³-hybridized carbons (Fsp3) is 0.381. The van der Waals surface area contributed by atoms with Gasteiger partial charge < -0.3 is 15.7 Å². The Balaban J connectivity index is 1.86. The fourth-order valence-corrected chi connectivity index (χ4v) is 6.13. The van der Waals surface area contributed by atoms with Crippen molar-refractivity contribution in [3.8, 4) is 17.3 Å². The van der Waals surface area contributed by atoms with Crippen LogP contribution in [-0.4, -0.2) is 21.9 Å². The van der Waals surface area contributed by atoms with Crippen molar-refractivity contribution in [3.63, 3.8) is 0 Å². The topological polar surface area (TPSA) is 115 Å². The Morgan fingerprint density at radius 2 is 1.37 bits per heavy atom. The van der Waals surface area contributed by atoms with Gasteiger partial charge in [0.05, 0.1) is 34.2 Å². The summed E-state index contributed by atoms with van der Waals surface area (Å²) in [6.07, 6.45) is 0. The molecule has 0 radical (unpaired) electrons. The predicted octanol–water partition coefficient (Wildman–Crippen LogP) is 9.77. The monoisotopic (exact) mass is 694 g/mol. The Kier molecular flexibility index (Phi) is 10.4. The van der Waals surface area contributed by atoms with E-state index < -0.39 is 39.9 Å². The average molecular weight is 695 g/mol. The minimum atomic E-state index is -1.42. The van der Waals surface area contributed by atoms with Gasteiger partial charge in [-0.25, -0.2) is 13.8 Å². The molecule has 1 aromatic heterocycles. The van der Waals surface area contributed by atoms with Crippen LogP contribution in [0.25, 0.3) is 11.3 Å². The molecule has 51 heavy (non-hydrogen) atoms. The Hall–Kier alpha value is -4.94. The molecule has 0 bridgehead atoms. The van der Waals surface area contributed by atoms with E-state index in [1.54, 1.807) is 58.0 Å². The number of carbonyl (C=O) groups excluding carboxylic acids is 2. The van der Waals surface area contributed by atoms with Gasteiger partial charge in [0.25, 0.3) is 11.8 Å². The molecule has 3 aromatic carbocycles. The molecule has 0 aliphatic heterocycles. The van der Waals surface area contributed by atoms with Crippen LogP contribution in [0.4, 0.5) is 20.2 Å². The number of pyridine rings is 1. The molecule has 0 saturated heterocycles. The van der Waals surface area contributed by atoms with E-state index in [1.807, 2.05) is 55.4 Å². The summed E-state index contributed by atoms with van der Waals surface area (Å²) in [6, 6.07) is 16.3. The second-order valence-electron chi connectivity index (χ2n) is 16.4. The summed E-state index contributed by atoms with van der Waals surface area (Å²) in [4.78, 5) is 32.1. The molecule has 3 N–H and O–H groups in total. The smallest absolute Gasteiger partial charge is 0.274 e. The van der Waals surface area contributed by atoms with Crippen molar-refractivity contribution in [3.05, 3.63) is 111 Å². The van der Waals surface area contributed by atoms with Crippen LogP contribution in [0.15, 0.2) is 54.6 Å². The molecule has 4 rings (SSSR count). The van der Waals surface area contributed by atoms with Gasteiger partial charge >= 0.3 is 0 Å². The van der Waals surface area contributed by atoms with Crippen LogP contribution < -0.4 is 10.6 Å². The summed E-state index contributed by atoms with van der Waals surface area (Å²) < 4.78 is 30.9. The molecule has 0 atom stereocenters. The van der Waals surface area contributed by atoms with Crippen LogP contribution >= 0.6 is 0 Å². The molecule has 4 aromatic rings. The highest BCUT2D eigenvalue weighted by molar-refractivity contribution is 6.06. The van der Waals surface area contributed by atoms with E-state index in [1.165, 1.54) is 24.3 Å². The Labute approximate surface area is 300 Å². The number of nitrogens with zero attached hydrogens (tertiary/aromatic N) is 2. The quantitative estimate of drug-likeness (QED) is 0.178. The summed E-state index contributed by atoms with van der Waals surface area (Å²) in [5.41, 5.74) is 1.00. The maximum Gasteiger partial charge on any atom is 0.274 e. The fourth-order valence-electron chi connectivity index (χ4n) is 6.13. The second kappa shape index (κ2) is 13.6. The molecule has 0 aliphatic carbocycles. The number of aromatic nitrogens is 1. The van der Waals surface area contributed by atoms with Gasteiger partial charge in [0.15, 0.2) is 5.82 Å². The summed E-state index contributed by atoms with van der Waals surface area (Å²) >= 11 is 0. The third-order valence-corrected chi connectivity index (χ3v) is 8.98. The van der Waals surface area contributed by atoms with Crippen LogP contribution in [0.1, 0.15) is 123 Å². The zero-order valence-electron chi connectivity index (χ0n) is 31.6. The molecule has 1 heterocycles. The number of aliphatic hydroxyl groups is 1. The third-order valence-electron chi connectivity index (χ3n) is 8.98. The average Bonchev–Trinajstić information content (AvgIpc) is 3.01. The predicted molar refractivity (Wildman–Crippen MR) is 199 cm³/mol.